The highest BCUT2D eigenvalue weighted by Crippen LogP contribution is 2.22. The van der Waals surface area contributed by atoms with Crippen LogP contribution in [-0.2, 0) is 32.0 Å². The van der Waals surface area contributed by atoms with Gasteiger partial charge in [-0.05, 0) is 68.0 Å². The summed E-state index contributed by atoms with van der Waals surface area (Å²) >= 11 is 12.0. The number of nitrogens with zero attached hydrogens (tertiary/aromatic N) is 2. The van der Waals surface area contributed by atoms with Crippen molar-refractivity contribution in [3.63, 3.8) is 0 Å². The van der Waals surface area contributed by atoms with Gasteiger partial charge in [-0.1, -0.05) is 41.4 Å². The summed E-state index contributed by atoms with van der Waals surface area (Å²) in [5.74, 6) is -2.13. The van der Waals surface area contributed by atoms with Gasteiger partial charge in [-0.25, -0.2) is 0 Å². The third kappa shape index (κ3) is 15.4. The van der Waals surface area contributed by atoms with Crippen LogP contribution in [0.1, 0.15) is 37.8 Å². The molecule has 0 aliphatic heterocycles. The molecule has 0 aliphatic rings. The summed E-state index contributed by atoms with van der Waals surface area (Å²) in [4.78, 5) is 53.2. The molecule has 0 unspecified atom stereocenters. The van der Waals surface area contributed by atoms with Crippen LogP contribution in [-0.4, -0.2) is 83.0 Å². The molecule has 10 N–H and O–H groups in total. The maximum atomic E-state index is 13.0. The highest BCUT2D eigenvalue weighted by molar-refractivity contribution is 6.42. The Kier molecular flexibility index (Phi) is 17.2. The van der Waals surface area contributed by atoms with Crippen LogP contribution in [0.3, 0.4) is 0 Å². The summed E-state index contributed by atoms with van der Waals surface area (Å²) in [7, 11) is 0. The lowest BCUT2D eigenvalue weighted by Gasteiger charge is -2.23. The Labute approximate surface area is 266 Å². The number of hydrogen-bond donors (Lipinski definition) is 7. The third-order valence-corrected chi connectivity index (χ3v) is 6.85. The molecule has 0 bridgehead atoms. The lowest BCUT2D eigenvalue weighted by molar-refractivity contribution is -0.134. The van der Waals surface area contributed by atoms with E-state index in [1.54, 1.807) is 29.2 Å². The van der Waals surface area contributed by atoms with E-state index in [2.05, 4.69) is 15.6 Å². The molecule has 0 fully saturated rings. The number of halogens is 2. The normalized spacial score (nSPS) is 11.7. The molecular weight excluding hydrogens is 613 g/mol. The Morgan fingerprint density at radius 3 is 2.18 bits per heavy atom. The van der Waals surface area contributed by atoms with E-state index in [-0.39, 0.29) is 43.5 Å². The zero-order valence-electron chi connectivity index (χ0n) is 24.8. The van der Waals surface area contributed by atoms with Gasteiger partial charge in [0.25, 0.3) is 5.97 Å². The number of carbonyl (C=O) groups is 4. The largest absolute Gasteiger partial charge is 0.508 e. The number of phenols is 1. The minimum Gasteiger partial charge on any atom is -0.508 e. The molecule has 2 aromatic rings. The molecule has 0 radical (unpaired) electrons. The number of benzene rings is 2. The average Bonchev–Trinajstić information content (AvgIpc) is 2.96. The van der Waals surface area contributed by atoms with E-state index >= 15 is 0 Å². The van der Waals surface area contributed by atoms with Crippen LogP contribution < -0.4 is 27.8 Å². The van der Waals surface area contributed by atoms with Crippen LogP contribution in [0.5, 0.6) is 5.75 Å². The first kappa shape index (κ1) is 38.0. The Morgan fingerprint density at radius 1 is 1.00 bits per heavy atom. The van der Waals surface area contributed by atoms with Gasteiger partial charge in [0, 0.05) is 26.6 Å². The van der Waals surface area contributed by atoms with Crippen LogP contribution in [0.2, 0.25) is 10.0 Å². The van der Waals surface area contributed by atoms with E-state index in [4.69, 9.17) is 50.3 Å². The minimum atomic E-state index is -0.952. The van der Waals surface area contributed by atoms with E-state index in [9.17, 15) is 19.5 Å². The Bertz CT molecular complexity index is 1270. The monoisotopic (exact) mass is 653 g/mol. The number of phenolic OH excluding ortho intramolecular Hbond substituents is 1. The maximum Gasteiger partial charge on any atom is 0.300 e. The van der Waals surface area contributed by atoms with Crippen molar-refractivity contribution >= 4 is 52.9 Å². The van der Waals surface area contributed by atoms with Crippen molar-refractivity contribution in [3.05, 3.63) is 63.6 Å². The Balaban J connectivity index is 0.00000227. The number of aliphatic imine (C=N–C) groups is 1. The summed E-state index contributed by atoms with van der Waals surface area (Å²) in [6.07, 6.45) is 1.40. The first-order chi connectivity index (χ1) is 20.7. The lowest BCUT2D eigenvalue weighted by Crippen LogP contribution is -2.53. The van der Waals surface area contributed by atoms with E-state index in [1.807, 2.05) is 13.0 Å². The highest BCUT2D eigenvalue weighted by Gasteiger charge is 2.25. The van der Waals surface area contributed by atoms with Crippen LogP contribution in [0.4, 0.5) is 0 Å². The van der Waals surface area contributed by atoms with Crippen molar-refractivity contribution < 1.29 is 29.4 Å². The van der Waals surface area contributed by atoms with Gasteiger partial charge in [-0.3, -0.25) is 24.2 Å². The number of nitrogens with one attached hydrogen (secondary N) is 2. The van der Waals surface area contributed by atoms with Crippen LogP contribution in [0.15, 0.2) is 47.5 Å². The van der Waals surface area contributed by atoms with E-state index in [0.717, 1.165) is 18.1 Å². The predicted molar refractivity (Wildman–Crippen MR) is 170 cm³/mol. The molecular formula is C29H41Cl2N7O6. The molecule has 2 aromatic carbocycles. The quantitative estimate of drug-likeness (QED) is 0.0836. The van der Waals surface area contributed by atoms with Gasteiger partial charge in [-0.2, -0.15) is 0 Å². The number of amides is 3. The number of carboxylic acids is 1. The summed E-state index contributed by atoms with van der Waals surface area (Å²) in [5, 5.41) is 23.1. The number of likely N-dealkylation sites (N-methyl/N-ethyl adjacent to an activating group) is 1. The van der Waals surface area contributed by atoms with Gasteiger partial charge < -0.3 is 42.9 Å². The molecule has 0 heterocycles. The fraction of sp³-hybridized carbons (Fsp3) is 0.414. The maximum absolute atomic E-state index is 13.0. The molecule has 0 saturated heterocycles. The van der Waals surface area contributed by atoms with Gasteiger partial charge in [-0.15, -0.1) is 0 Å². The predicted octanol–water partition coefficient (Wildman–Crippen LogP) is 1.41. The second-order valence-electron chi connectivity index (χ2n) is 9.70. The van der Waals surface area contributed by atoms with Crippen molar-refractivity contribution in [1.29, 1.82) is 0 Å². The van der Waals surface area contributed by atoms with Crippen LogP contribution >= 0.6 is 23.2 Å². The zero-order chi connectivity index (χ0) is 33.2. The first-order valence-electron chi connectivity index (χ1n) is 13.8. The first-order valence-corrected chi connectivity index (χ1v) is 14.6. The number of nitrogens with two attached hydrogens (primary N) is 3. The number of carboxylic acid groups (broad SMARTS) is 1. The van der Waals surface area contributed by atoms with E-state index in [0.29, 0.717) is 36.0 Å². The molecule has 44 heavy (non-hydrogen) atoms. The second-order valence-corrected chi connectivity index (χ2v) is 10.5. The number of hydrogen-bond acceptors (Lipinski definition) is 7. The molecule has 2 rings (SSSR count). The van der Waals surface area contributed by atoms with Crippen molar-refractivity contribution in [2.24, 2.45) is 22.2 Å². The van der Waals surface area contributed by atoms with Gasteiger partial charge >= 0.3 is 0 Å². The third-order valence-electron chi connectivity index (χ3n) is 6.11. The smallest absolute Gasteiger partial charge is 0.300 e. The van der Waals surface area contributed by atoms with Gasteiger partial charge in [0.15, 0.2) is 5.96 Å². The van der Waals surface area contributed by atoms with Gasteiger partial charge in [0.2, 0.25) is 17.7 Å². The Hall–Kier alpha value is -4.07. The number of aromatic hydroxyl groups is 1. The molecule has 0 saturated carbocycles. The van der Waals surface area contributed by atoms with Gasteiger partial charge in [0.05, 0.1) is 22.6 Å². The molecule has 0 aromatic heterocycles. The highest BCUT2D eigenvalue weighted by atomic mass is 35.5. The number of rotatable bonds is 15. The molecule has 15 heteroatoms. The zero-order valence-corrected chi connectivity index (χ0v) is 26.3. The molecule has 3 amide bonds. The lowest BCUT2D eigenvalue weighted by atomic mass is 10.0. The molecule has 242 valence electrons. The minimum absolute atomic E-state index is 0.0768. The van der Waals surface area contributed by atoms with Crippen molar-refractivity contribution in [2.45, 2.75) is 51.6 Å². The number of carbonyl (C=O) groups excluding carboxylic acids is 3. The molecule has 0 aliphatic carbocycles. The standard InChI is InChI=1S/C27H37Cl2N7O4.C2H4O2/c1-2-36(13-11-18-7-10-20(28)21(29)14-18)24(38)16-34-26(40)23(4-3-12-33-27(31)32)35-25(39)22(30)15-17-5-8-19(37)9-6-17;1-2(3)4/h5-10,14,22-23,37H,2-4,11-13,15-16,30H2,1H3,(H,34,40)(H,35,39)(H4,31,32,33);1H3,(H,3,4)/t22-,23+;/m0./s1. The van der Waals surface area contributed by atoms with Crippen molar-refractivity contribution in [2.75, 3.05) is 26.2 Å². The summed E-state index contributed by atoms with van der Waals surface area (Å²) < 4.78 is 0. The summed E-state index contributed by atoms with van der Waals surface area (Å²) in [5.41, 5.74) is 18.5. The summed E-state index contributed by atoms with van der Waals surface area (Å²) in [6, 6.07) is 9.74. The van der Waals surface area contributed by atoms with Crippen molar-refractivity contribution in [1.82, 2.24) is 15.5 Å². The van der Waals surface area contributed by atoms with Crippen LogP contribution in [0, 0.1) is 0 Å². The number of aliphatic carboxylic acids is 1. The Morgan fingerprint density at radius 2 is 1.61 bits per heavy atom. The van der Waals surface area contributed by atoms with E-state index in [1.165, 1.54) is 12.1 Å². The number of guanidine groups is 1. The SMILES string of the molecule is CC(=O)O.CCN(CCc1ccc(Cl)c(Cl)c1)C(=O)CNC(=O)[C@@H](CCCN=C(N)N)NC(=O)[C@@H](N)Cc1ccc(O)cc1. The van der Waals surface area contributed by atoms with Crippen molar-refractivity contribution in [3.8, 4) is 5.75 Å². The summed E-state index contributed by atoms with van der Waals surface area (Å²) in [6.45, 7) is 3.82. The molecule has 13 nitrogen and oxygen atoms in total. The van der Waals surface area contributed by atoms with Crippen LogP contribution in [0.25, 0.3) is 0 Å². The average molecular weight is 655 g/mol. The molecule has 2 atom stereocenters. The van der Waals surface area contributed by atoms with E-state index < -0.39 is 29.9 Å². The fourth-order valence-electron chi connectivity index (χ4n) is 3.85. The second kappa shape index (κ2) is 20.0. The fourth-order valence-corrected chi connectivity index (χ4v) is 4.17. The topological polar surface area (TPSA) is 226 Å². The van der Waals surface area contributed by atoms with Gasteiger partial charge in [0.1, 0.15) is 11.8 Å². The molecule has 0 spiro atoms.